The highest BCUT2D eigenvalue weighted by Gasteiger charge is 2.45. The number of imide groups is 2. The van der Waals surface area contributed by atoms with Gasteiger partial charge in [-0.15, -0.1) is 0 Å². The minimum absolute atomic E-state index is 0.00780. The maximum Gasteiger partial charge on any atom is 0.264 e. The van der Waals surface area contributed by atoms with Crippen molar-refractivity contribution in [3.63, 3.8) is 0 Å². The zero-order valence-corrected chi connectivity index (χ0v) is 31.2. The Morgan fingerprint density at radius 2 is 1.59 bits per heavy atom. The maximum absolute atomic E-state index is 13.4. The van der Waals surface area contributed by atoms with Crippen molar-refractivity contribution >= 4 is 40.9 Å². The molecule has 1 unspecified atom stereocenters. The largest absolute Gasteiger partial charge is 0.494 e. The van der Waals surface area contributed by atoms with Crippen molar-refractivity contribution in [1.29, 1.82) is 0 Å². The van der Waals surface area contributed by atoms with Gasteiger partial charge in [-0.3, -0.25) is 34.2 Å². The fourth-order valence-electron chi connectivity index (χ4n) is 7.29. The van der Waals surface area contributed by atoms with Crippen LogP contribution in [0.4, 0.5) is 11.4 Å². The molecule has 0 aliphatic carbocycles. The number of anilines is 2. The van der Waals surface area contributed by atoms with Gasteiger partial charge in [0.15, 0.2) is 0 Å². The molecule has 3 heterocycles. The summed E-state index contributed by atoms with van der Waals surface area (Å²) >= 11 is 0. The van der Waals surface area contributed by atoms with Crippen molar-refractivity contribution < 1.29 is 28.7 Å². The molecular weight excluding hydrogens is 686 g/mol. The van der Waals surface area contributed by atoms with Gasteiger partial charge in [-0.2, -0.15) is 0 Å². The number of hydrogen-bond donors (Lipinski definition) is 4. The Hall–Kier alpha value is -5.27. The normalized spacial score (nSPS) is 17.4. The molecule has 0 spiro atoms. The van der Waals surface area contributed by atoms with E-state index in [-0.39, 0.29) is 35.9 Å². The number of rotatable bonds is 17. The molecule has 3 aromatic rings. The third-order valence-corrected chi connectivity index (χ3v) is 10.2. The molecule has 3 aromatic carbocycles. The van der Waals surface area contributed by atoms with E-state index >= 15 is 0 Å². The monoisotopic (exact) mass is 737 g/mol. The molecule has 6 rings (SSSR count). The van der Waals surface area contributed by atoms with Crippen molar-refractivity contribution in [2.75, 3.05) is 57.1 Å². The second-order valence-electron chi connectivity index (χ2n) is 14.3. The van der Waals surface area contributed by atoms with Gasteiger partial charge in [0.1, 0.15) is 11.8 Å². The summed E-state index contributed by atoms with van der Waals surface area (Å²) in [6, 6.07) is 20.6. The number of amides is 5. The number of hydrogen-bond acceptors (Lipinski definition) is 10. The summed E-state index contributed by atoms with van der Waals surface area (Å²) in [5.41, 5.74) is 4.75. The number of piperidine rings is 2. The van der Waals surface area contributed by atoms with Gasteiger partial charge in [0.05, 0.1) is 17.7 Å². The molecule has 3 aliphatic rings. The molecule has 13 nitrogen and oxygen atoms in total. The van der Waals surface area contributed by atoms with Crippen LogP contribution in [-0.2, 0) is 27.5 Å². The lowest BCUT2D eigenvalue weighted by Gasteiger charge is -2.33. The highest BCUT2D eigenvalue weighted by atomic mass is 16.5. The van der Waals surface area contributed by atoms with Crippen LogP contribution in [0.2, 0.25) is 0 Å². The molecule has 0 saturated carbocycles. The Balaban J connectivity index is 0.848. The Morgan fingerprint density at radius 3 is 2.33 bits per heavy atom. The van der Waals surface area contributed by atoms with Crippen LogP contribution in [0.3, 0.4) is 0 Å². The van der Waals surface area contributed by atoms with Crippen molar-refractivity contribution in [2.45, 2.75) is 70.1 Å². The molecule has 2 saturated heterocycles. The first-order chi connectivity index (χ1) is 26.2. The number of likely N-dealkylation sites (tertiary alicyclic amines) is 1. The lowest BCUT2D eigenvalue weighted by molar-refractivity contribution is -0.136. The van der Waals surface area contributed by atoms with Crippen LogP contribution in [0.15, 0.2) is 66.7 Å². The Labute approximate surface area is 316 Å². The minimum Gasteiger partial charge on any atom is -0.494 e. The van der Waals surface area contributed by atoms with Crippen LogP contribution in [0.1, 0.15) is 76.8 Å². The van der Waals surface area contributed by atoms with E-state index in [0.717, 1.165) is 43.2 Å². The van der Waals surface area contributed by atoms with E-state index in [4.69, 9.17) is 4.74 Å². The number of carbonyl (C=O) groups is 5. The predicted molar refractivity (Wildman–Crippen MR) is 206 cm³/mol. The van der Waals surface area contributed by atoms with Gasteiger partial charge in [0.2, 0.25) is 17.7 Å². The Bertz CT molecular complexity index is 1820. The van der Waals surface area contributed by atoms with Crippen LogP contribution in [0, 0.1) is 0 Å². The first-order valence-corrected chi connectivity index (χ1v) is 19.0. The first-order valence-electron chi connectivity index (χ1n) is 19.0. The van der Waals surface area contributed by atoms with Gasteiger partial charge < -0.3 is 30.5 Å². The van der Waals surface area contributed by atoms with Crippen molar-refractivity contribution in [2.24, 2.45) is 0 Å². The topological polar surface area (TPSA) is 152 Å². The highest BCUT2D eigenvalue weighted by molar-refractivity contribution is 6.25. The van der Waals surface area contributed by atoms with E-state index in [2.05, 4.69) is 76.7 Å². The number of benzene rings is 3. The van der Waals surface area contributed by atoms with Gasteiger partial charge >= 0.3 is 0 Å². The second-order valence-corrected chi connectivity index (χ2v) is 14.3. The third-order valence-electron chi connectivity index (χ3n) is 10.2. The molecule has 0 radical (unpaired) electrons. The number of carbonyl (C=O) groups excluding carboxylic acids is 5. The first kappa shape index (κ1) is 38.5. The number of ether oxygens (including phenoxy) is 1. The van der Waals surface area contributed by atoms with Gasteiger partial charge in [-0.05, 0) is 86.7 Å². The lowest BCUT2D eigenvalue weighted by Crippen LogP contribution is -2.54. The molecule has 0 bridgehead atoms. The maximum atomic E-state index is 13.4. The van der Waals surface area contributed by atoms with Crippen LogP contribution in [0.5, 0.6) is 5.75 Å². The average molecular weight is 738 g/mol. The number of nitrogens with one attached hydrogen (secondary N) is 4. The zero-order chi connectivity index (χ0) is 38.0. The Morgan fingerprint density at radius 1 is 0.852 bits per heavy atom. The number of nitrogens with zero attached hydrogens (tertiary/aromatic N) is 3. The SMILES string of the molecule is CN(C)c1ccccc1CNCCCNCc1ccc(OCCCC(=O)N2CCC(Nc3cccc4c3C(=O)N(C3CCC(=O)NC3=O)C4=O)CC2)cc1. The van der Waals surface area contributed by atoms with Gasteiger partial charge in [-0.25, -0.2) is 0 Å². The molecule has 4 N–H and O–H groups in total. The molecule has 54 heavy (non-hydrogen) atoms. The standard InChI is InChI=1S/C41H51N7O6/c1-46(2)34-11-4-3-8-29(34)27-43-22-7-21-42-26-28-13-15-31(16-14-28)54-25-6-12-37(50)47-23-19-30(20-24-47)44-33-10-5-9-32-38(33)41(53)48(40(32)52)35-17-18-36(49)45-39(35)51/h3-5,8-11,13-16,30,35,42-44H,6-7,12,17-27H2,1-2H3,(H,45,49,51). The van der Waals surface area contributed by atoms with E-state index in [1.807, 2.05) is 17.0 Å². The summed E-state index contributed by atoms with van der Waals surface area (Å²) in [5.74, 6) is -1.24. The molecule has 2 fully saturated rings. The fraction of sp³-hybridized carbons (Fsp3) is 0.439. The summed E-state index contributed by atoms with van der Waals surface area (Å²) in [6.45, 7) is 5.13. The summed E-state index contributed by atoms with van der Waals surface area (Å²) in [7, 11) is 4.13. The molecule has 0 aromatic heterocycles. The van der Waals surface area contributed by atoms with E-state index < -0.39 is 29.7 Å². The third kappa shape index (κ3) is 9.44. The number of para-hydroxylation sites is 1. The smallest absolute Gasteiger partial charge is 0.264 e. The van der Waals surface area contributed by atoms with Crippen LogP contribution >= 0.6 is 0 Å². The Kier molecular flexibility index (Phi) is 12.9. The van der Waals surface area contributed by atoms with E-state index in [1.165, 1.54) is 16.8 Å². The van der Waals surface area contributed by atoms with E-state index in [9.17, 15) is 24.0 Å². The lowest BCUT2D eigenvalue weighted by atomic mass is 10.0. The van der Waals surface area contributed by atoms with Gasteiger partial charge in [-0.1, -0.05) is 36.4 Å². The minimum atomic E-state index is -1.01. The van der Waals surface area contributed by atoms with Crippen LogP contribution in [0.25, 0.3) is 0 Å². The summed E-state index contributed by atoms with van der Waals surface area (Å²) in [5, 5.41) is 12.7. The summed E-state index contributed by atoms with van der Waals surface area (Å²) in [4.78, 5) is 68.6. The second kappa shape index (κ2) is 18.2. The predicted octanol–water partition coefficient (Wildman–Crippen LogP) is 3.69. The molecule has 3 aliphatic heterocycles. The van der Waals surface area contributed by atoms with Gasteiger partial charge in [0.25, 0.3) is 11.8 Å². The van der Waals surface area contributed by atoms with Crippen molar-refractivity contribution in [1.82, 2.24) is 25.8 Å². The highest BCUT2D eigenvalue weighted by Crippen LogP contribution is 2.33. The molecule has 5 amide bonds. The quantitative estimate of drug-likeness (QED) is 0.119. The van der Waals surface area contributed by atoms with Crippen molar-refractivity contribution in [3.05, 3.63) is 89.0 Å². The number of fused-ring (bicyclic) bond motifs is 1. The summed E-state index contributed by atoms with van der Waals surface area (Å²) in [6.07, 6.45) is 3.61. The molecule has 13 heteroatoms. The fourth-order valence-corrected chi connectivity index (χ4v) is 7.29. The zero-order valence-electron chi connectivity index (χ0n) is 31.2. The average Bonchev–Trinajstić information content (AvgIpc) is 3.43. The van der Waals surface area contributed by atoms with Crippen LogP contribution in [-0.4, -0.2) is 98.3 Å². The van der Waals surface area contributed by atoms with E-state index in [1.54, 1.807) is 18.2 Å². The summed E-state index contributed by atoms with van der Waals surface area (Å²) < 4.78 is 5.92. The molecule has 1 atom stereocenters. The van der Waals surface area contributed by atoms with Gasteiger partial charge in [0, 0.05) is 70.5 Å². The molecule has 286 valence electrons. The van der Waals surface area contributed by atoms with Crippen molar-refractivity contribution in [3.8, 4) is 5.75 Å². The van der Waals surface area contributed by atoms with Crippen LogP contribution < -0.4 is 30.9 Å². The van der Waals surface area contributed by atoms with E-state index in [0.29, 0.717) is 51.1 Å². The molecular formula is C41H51N7O6.